The third-order valence-electron chi connectivity index (χ3n) is 4.01. The fraction of sp³-hybridized carbons (Fsp3) is 0.500. The van der Waals surface area contributed by atoms with Gasteiger partial charge in [-0.25, -0.2) is 8.42 Å². The van der Waals surface area contributed by atoms with Gasteiger partial charge in [0.1, 0.15) is 12.4 Å². The van der Waals surface area contributed by atoms with E-state index in [2.05, 4.69) is 0 Å². The SMILES string of the molecule is CN(C(=O)C1COc2ccc(S(=O)(=O)Cl)cc2C1)C1CC1. The predicted molar refractivity (Wildman–Crippen MR) is 78.0 cm³/mol. The lowest BCUT2D eigenvalue weighted by molar-refractivity contribution is -0.136. The van der Waals surface area contributed by atoms with Crippen molar-refractivity contribution in [3.05, 3.63) is 23.8 Å². The third-order valence-corrected chi connectivity index (χ3v) is 5.36. The van der Waals surface area contributed by atoms with Crippen LogP contribution in [0.3, 0.4) is 0 Å². The monoisotopic (exact) mass is 329 g/mol. The van der Waals surface area contributed by atoms with Gasteiger partial charge in [0, 0.05) is 23.8 Å². The highest BCUT2D eigenvalue weighted by atomic mass is 35.7. The first-order valence-corrected chi connectivity index (χ1v) is 9.14. The molecule has 5 nitrogen and oxygen atoms in total. The van der Waals surface area contributed by atoms with Crippen molar-refractivity contribution in [2.24, 2.45) is 5.92 Å². The van der Waals surface area contributed by atoms with Gasteiger partial charge in [-0.15, -0.1) is 0 Å². The zero-order valence-electron chi connectivity index (χ0n) is 11.6. The van der Waals surface area contributed by atoms with Gasteiger partial charge in [-0.2, -0.15) is 0 Å². The predicted octanol–water partition coefficient (Wildman–Crippen LogP) is 1.79. The second kappa shape index (κ2) is 5.18. The average molecular weight is 330 g/mol. The molecule has 7 heteroatoms. The van der Waals surface area contributed by atoms with E-state index >= 15 is 0 Å². The highest BCUT2D eigenvalue weighted by Crippen LogP contribution is 2.33. The van der Waals surface area contributed by atoms with E-state index in [1.807, 2.05) is 7.05 Å². The molecule has 1 saturated carbocycles. The van der Waals surface area contributed by atoms with Gasteiger partial charge in [0.2, 0.25) is 5.91 Å². The van der Waals surface area contributed by atoms with Gasteiger partial charge < -0.3 is 9.64 Å². The van der Waals surface area contributed by atoms with E-state index in [1.165, 1.54) is 12.1 Å². The second-order valence-electron chi connectivity index (χ2n) is 5.60. The lowest BCUT2D eigenvalue weighted by Crippen LogP contribution is -2.39. The molecule has 114 valence electrons. The summed E-state index contributed by atoms with van der Waals surface area (Å²) in [5, 5.41) is 0. The molecule has 1 amide bonds. The largest absolute Gasteiger partial charge is 0.492 e. The summed E-state index contributed by atoms with van der Waals surface area (Å²) >= 11 is 0. The Labute approximate surface area is 128 Å². The van der Waals surface area contributed by atoms with Crippen LogP contribution < -0.4 is 4.74 Å². The van der Waals surface area contributed by atoms with Crippen molar-refractivity contribution in [2.75, 3.05) is 13.7 Å². The minimum Gasteiger partial charge on any atom is -0.492 e. The number of carbonyl (C=O) groups is 1. The van der Waals surface area contributed by atoms with Crippen molar-refractivity contribution in [3.8, 4) is 5.75 Å². The normalized spacial score (nSPS) is 21.3. The maximum atomic E-state index is 12.4. The molecular weight excluding hydrogens is 314 g/mol. The van der Waals surface area contributed by atoms with Gasteiger partial charge in [0.25, 0.3) is 9.05 Å². The molecule has 0 radical (unpaired) electrons. The van der Waals surface area contributed by atoms with Crippen LogP contribution in [0.15, 0.2) is 23.1 Å². The molecule has 1 aromatic rings. The lowest BCUT2D eigenvalue weighted by atomic mass is 9.95. The van der Waals surface area contributed by atoms with Crippen LogP contribution in [0, 0.1) is 5.92 Å². The number of nitrogens with zero attached hydrogens (tertiary/aromatic N) is 1. The molecule has 21 heavy (non-hydrogen) atoms. The minimum atomic E-state index is -3.77. The van der Waals surface area contributed by atoms with Gasteiger partial charge in [-0.1, -0.05) is 0 Å². The first-order valence-electron chi connectivity index (χ1n) is 6.83. The summed E-state index contributed by atoms with van der Waals surface area (Å²) in [5.41, 5.74) is 0.713. The number of fused-ring (bicyclic) bond motifs is 1. The van der Waals surface area contributed by atoms with E-state index in [0.29, 0.717) is 30.4 Å². The van der Waals surface area contributed by atoms with Gasteiger partial charge in [0.15, 0.2) is 0 Å². The van der Waals surface area contributed by atoms with Crippen LogP contribution in [0.1, 0.15) is 18.4 Å². The Bertz CT molecular complexity index is 684. The Morgan fingerprint density at radius 3 is 2.71 bits per heavy atom. The molecule has 0 saturated heterocycles. The second-order valence-corrected chi connectivity index (χ2v) is 8.17. The van der Waals surface area contributed by atoms with Crippen molar-refractivity contribution >= 4 is 25.6 Å². The van der Waals surface area contributed by atoms with Crippen molar-refractivity contribution in [3.63, 3.8) is 0 Å². The topological polar surface area (TPSA) is 63.7 Å². The Kier molecular flexibility index (Phi) is 3.61. The van der Waals surface area contributed by atoms with Gasteiger partial charge in [-0.3, -0.25) is 4.79 Å². The maximum absolute atomic E-state index is 12.4. The van der Waals surface area contributed by atoms with Gasteiger partial charge in [-0.05, 0) is 43.0 Å². The van der Waals surface area contributed by atoms with Crippen molar-refractivity contribution in [2.45, 2.75) is 30.2 Å². The molecule has 0 aromatic heterocycles. The van der Waals surface area contributed by atoms with Crippen molar-refractivity contribution < 1.29 is 17.9 Å². The smallest absolute Gasteiger partial charge is 0.261 e. The highest BCUT2D eigenvalue weighted by molar-refractivity contribution is 8.13. The van der Waals surface area contributed by atoms with E-state index in [4.69, 9.17) is 15.4 Å². The fourth-order valence-electron chi connectivity index (χ4n) is 2.61. The van der Waals surface area contributed by atoms with E-state index in [9.17, 15) is 13.2 Å². The first kappa shape index (κ1) is 14.7. The van der Waals surface area contributed by atoms with Crippen LogP contribution in [0.4, 0.5) is 0 Å². The number of carbonyl (C=O) groups excluding carboxylic acids is 1. The Morgan fingerprint density at radius 1 is 1.38 bits per heavy atom. The lowest BCUT2D eigenvalue weighted by Gasteiger charge is -2.28. The summed E-state index contributed by atoms with van der Waals surface area (Å²) in [6.45, 7) is 0.329. The summed E-state index contributed by atoms with van der Waals surface area (Å²) in [6, 6.07) is 4.86. The van der Waals surface area contributed by atoms with Crippen molar-refractivity contribution in [1.82, 2.24) is 4.90 Å². The molecule has 0 spiro atoms. The Morgan fingerprint density at radius 2 is 2.10 bits per heavy atom. The zero-order chi connectivity index (χ0) is 15.2. The quantitative estimate of drug-likeness (QED) is 0.793. The standard InChI is InChI=1S/C14H16ClNO4S/c1-16(11-2-3-11)14(17)10-6-9-7-12(21(15,18)19)4-5-13(9)20-8-10/h4-5,7,10-11H,2-3,6,8H2,1H3. The molecule has 2 aliphatic rings. The van der Waals surface area contributed by atoms with E-state index < -0.39 is 9.05 Å². The van der Waals surface area contributed by atoms with E-state index in [1.54, 1.807) is 11.0 Å². The van der Waals surface area contributed by atoms with E-state index in [0.717, 1.165) is 12.8 Å². The molecule has 1 atom stereocenters. The number of benzene rings is 1. The van der Waals surface area contributed by atoms with Crippen molar-refractivity contribution in [1.29, 1.82) is 0 Å². The molecule has 1 aliphatic carbocycles. The molecule has 1 unspecified atom stereocenters. The highest BCUT2D eigenvalue weighted by Gasteiger charge is 2.35. The summed E-state index contributed by atoms with van der Waals surface area (Å²) in [5.74, 6) is 0.413. The van der Waals surface area contributed by atoms with Crippen LogP contribution in [0.2, 0.25) is 0 Å². The molecule has 1 aromatic carbocycles. The van der Waals surface area contributed by atoms with Gasteiger partial charge in [0.05, 0.1) is 10.8 Å². The molecule has 1 aliphatic heterocycles. The van der Waals surface area contributed by atoms with Crippen LogP contribution in [-0.4, -0.2) is 38.9 Å². The van der Waals surface area contributed by atoms with Crippen LogP contribution >= 0.6 is 10.7 Å². The maximum Gasteiger partial charge on any atom is 0.261 e. The number of ether oxygens (including phenoxy) is 1. The first-order chi connectivity index (χ1) is 9.86. The number of hydrogen-bond acceptors (Lipinski definition) is 4. The summed E-state index contributed by atoms with van der Waals surface area (Å²) in [7, 11) is 3.40. The summed E-state index contributed by atoms with van der Waals surface area (Å²) < 4.78 is 28.4. The molecule has 0 bridgehead atoms. The van der Waals surface area contributed by atoms with Crippen LogP contribution in [-0.2, 0) is 20.3 Å². The molecular formula is C14H16ClNO4S. The molecule has 3 rings (SSSR count). The van der Waals surface area contributed by atoms with Crippen LogP contribution in [0.5, 0.6) is 5.75 Å². The zero-order valence-corrected chi connectivity index (χ0v) is 13.2. The number of halogens is 1. The number of amides is 1. The third kappa shape index (κ3) is 3.01. The Hall–Kier alpha value is -1.27. The molecule has 1 heterocycles. The average Bonchev–Trinajstić information content (AvgIpc) is 3.28. The van der Waals surface area contributed by atoms with Crippen LogP contribution in [0.25, 0.3) is 0 Å². The molecule has 0 N–H and O–H groups in total. The summed E-state index contributed by atoms with van der Waals surface area (Å²) in [6.07, 6.45) is 2.59. The minimum absolute atomic E-state index is 0.0372. The number of rotatable bonds is 3. The molecule has 1 fully saturated rings. The number of hydrogen-bond donors (Lipinski definition) is 0. The Balaban J connectivity index is 1.82. The fourth-order valence-corrected chi connectivity index (χ4v) is 3.41. The summed E-state index contributed by atoms with van der Waals surface area (Å²) in [4.78, 5) is 14.2. The van der Waals surface area contributed by atoms with Gasteiger partial charge >= 0.3 is 0 Å². The van der Waals surface area contributed by atoms with E-state index in [-0.39, 0.29) is 16.7 Å².